The maximum Gasteiger partial charge on any atom is 0.258 e. The van der Waals surface area contributed by atoms with Crippen LogP contribution in [0.5, 0.6) is 0 Å². The largest absolute Gasteiger partial charge is 0.331 e. The van der Waals surface area contributed by atoms with Gasteiger partial charge in [0.1, 0.15) is 18.2 Å². The molecule has 0 aliphatic rings. The lowest BCUT2D eigenvalue weighted by atomic mass is 10.1. The van der Waals surface area contributed by atoms with Crippen LogP contribution in [0.3, 0.4) is 0 Å². The van der Waals surface area contributed by atoms with Crippen LogP contribution in [-0.4, -0.2) is 20.6 Å². The Morgan fingerprint density at radius 3 is 2.59 bits per heavy atom. The molecule has 4 rings (SSSR count). The fourth-order valence-electron chi connectivity index (χ4n) is 3.19. The molecule has 4 aromatic rings. The van der Waals surface area contributed by atoms with E-state index < -0.39 is 5.82 Å². The first kappa shape index (κ1) is 21.0. The number of amides is 1. The molecule has 3 aromatic carbocycles. The Bertz CT molecular complexity index is 1340. The fraction of sp³-hybridized carbons (Fsp3) is 0.0435. The van der Waals surface area contributed by atoms with Crippen molar-refractivity contribution in [2.75, 3.05) is 5.32 Å². The van der Waals surface area contributed by atoms with E-state index in [1.807, 2.05) is 24.3 Å². The van der Waals surface area contributed by atoms with Gasteiger partial charge in [0, 0.05) is 11.3 Å². The number of fused-ring (bicyclic) bond motifs is 1. The molecule has 0 saturated heterocycles. The maximum absolute atomic E-state index is 13.3. The van der Waals surface area contributed by atoms with Gasteiger partial charge in [-0.3, -0.25) is 15.6 Å². The zero-order valence-corrected chi connectivity index (χ0v) is 17.5. The molecular weight excluding hydrogens is 427 g/mol. The molecule has 0 bridgehead atoms. The second-order valence-electron chi connectivity index (χ2n) is 6.84. The lowest BCUT2D eigenvalue weighted by molar-refractivity contribution is -0.122. The Hall–Kier alpha value is -4.29. The molecule has 0 radical (unpaired) electrons. The summed E-state index contributed by atoms with van der Waals surface area (Å²) in [4.78, 5) is 17.3. The summed E-state index contributed by atoms with van der Waals surface area (Å²) >= 11 is 5.14. The summed E-state index contributed by atoms with van der Waals surface area (Å²) in [6.45, 7) is -0.0224. The number of carbonyl (C=O) groups is 1. The van der Waals surface area contributed by atoms with Gasteiger partial charge in [0.2, 0.25) is 0 Å². The molecular formula is C23H17FN6OS. The molecule has 0 spiro atoms. The number of benzene rings is 3. The molecule has 0 atom stereocenters. The zero-order chi connectivity index (χ0) is 22.5. The van der Waals surface area contributed by atoms with Crippen molar-refractivity contribution in [1.29, 1.82) is 5.26 Å². The van der Waals surface area contributed by atoms with Gasteiger partial charge in [-0.15, -0.1) is 0 Å². The average Bonchev–Trinajstić information content (AvgIpc) is 3.16. The maximum atomic E-state index is 13.3. The third kappa shape index (κ3) is 4.71. The Morgan fingerprint density at radius 2 is 1.84 bits per heavy atom. The van der Waals surface area contributed by atoms with Gasteiger partial charge in [-0.1, -0.05) is 18.2 Å². The number of thiocarbonyl (C=S) groups is 1. The minimum atomic E-state index is -0.399. The van der Waals surface area contributed by atoms with E-state index in [4.69, 9.17) is 17.5 Å². The highest BCUT2D eigenvalue weighted by molar-refractivity contribution is 7.80. The van der Waals surface area contributed by atoms with Gasteiger partial charge in [0.25, 0.3) is 5.91 Å². The molecule has 9 heteroatoms. The molecule has 0 aliphatic heterocycles. The van der Waals surface area contributed by atoms with Crippen LogP contribution in [0.1, 0.15) is 5.56 Å². The molecule has 7 nitrogen and oxygen atoms in total. The van der Waals surface area contributed by atoms with Gasteiger partial charge in [-0.2, -0.15) is 5.26 Å². The zero-order valence-electron chi connectivity index (χ0n) is 16.7. The van der Waals surface area contributed by atoms with Crippen LogP contribution in [0.15, 0.2) is 72.8 Å². The Labute approximate surface area is 188 Å². The number of rotatable bonds is 4. The van der Waals surface area contributed by atoms with Crippen LogP contribution in [0, 0.1) is 17.1 Å². The number of hydrogen-bond donors (Lipinski definition) is 3. The average molecular weight is 444 g/mol. The van der Waals surface area contributed by atoms with Gasteiger partial charge in [0.15, 0.2) is 5.11 Å². The molecule has 0 saturated carbocycles. The number of carbonyl (C=O) groups excluding carboxylic acids is 1. The van der Waals surface area contributed by atoms with Crippen LogP contribution < -0.4 is 16.2 Å². The summed E-state index contributed by atoms with van der Waals surface area (Å²) in [5.41, 5.74) is 8.47. The van der Waals surface area contributed by atoms with Gasteiger partial charge in [-0.05, 0) is 66.8 Å². The van der Waals surface area contributed by atoms with E-state index in [2.05, 4.69) is 27.2 Å². The third-order valence-electron chi connectivity index (χ3n) is 4.63. The van der Waals surface area contributed by atoms with E-state index in [-0.39, 0.29) is 17.6 Å². The number of aromatic nitrogens is 2. The number of imidazole rings is 1. The molecule has 1 heterocycles. The molecule has 0 unspecified atom stereocenters. The smallest absolute Gasteiger partial charge is 0.258 e. The SMILES string of the molecule is N#Cc1ccc(-c2nc3ccccc3n2CC(=O)NNC(=S)Nc2cccc(F)c2)cc1. The molecule has 0 aliphatic carbocycles. The van der Waals surface area contributed by atoms with Gasteiger partial charge >= 0.3 is 0 Å². The molecule has 1 amide bonds. The van der Waals surface area contributed by atoms with Crippen LogP contribution in [0.4, 0.5) is 10.1 Å². The summed E-state index contributed by atoms with van der Waals surface area (Å²) in [5, 5.41) is 11.9. The first-order valence-electron chi connectivity index (χ1n) is 9.61. The number of hydrogen-bond acceptors (Lipinski definition) is 4. The normalized spacial score (nSPS) is 10.4. The minimum absolute atomic E-state index is 0.0224. The predicted molar refractivity (Wildman–Crippen MR) is 124 cm³/mol. The van der Waals surface area contributed by atoms with Crippen molar-refractivity contribution in [1.82, 2.24) is 20.4 Å². The van der Waals surface area contributed by atoms with E-state index >= 15 is 0 Å². The van der Waals surface area contributed by atoms with E-state index in [0.717, 1.165) is 16.6 Å². The van der Waals surface area contributed by atoms with Crippen LogP contribution in [0.2, 0.25) is 0 Å². The molecule has 0 fully saturated rings. The highest BCUT2D eigenvalue weighted by Crippen LogP contribution is 2.25. The van der Waals surface area contributed by atoms with E-state index in [0.29, 0.717) is 17.1 Å². The number of anilines is 1. The van der Waals surface area contributed by atoms with Crippen molar-refractivity contribution in [3.8, 4) is 17.5 Å². The van der Waals surface area contributed by atoms with E-state index in [1.54, 1.807) is 41.0 Å². The monoisotopic (exact) mass is 444 g/mol. The van der Waals surface area contributed by atoms with Gasteiger partial charge in [0.05, 0.1) is 22.7 Å². The molecule has 158 valence electrons. The van der Waals surface area contributed by atoms with E-state index in [1.165, 1.54) is 12.1 Å². The number of hydrazine groups is 1. The third-order valence-corrected chi connectivity index (χ3v) is 4.83. The summed E-state index contributed by atoms with van der Waals surface area (Å²) < 4.78 is 15.1. The van der Waals surface area contributed by atoms with Crippen molar-refractivity contribution in [2.45, 2.75) is 6.54 Å². The van der Waals surface area contributed by atoms with Crippen molar-refractivity contribution in [3.05, 3.63) is 84.2 Å². The Kier molecular flexibility index (Phi) is 6.05. The molecule has 32 heavy (non-hydrogen) atoms. The van der Waals surface area contributed by atoms with Crippen molar-refractivity contribution >= 4 is 40.0 Å². The topological polar surface area (TPSA) is 94.8 Å². The minimum Gasteiger partial charge on any atom is -0.331 e. The number of halogens is 1. The summed E-state index contributed by atoms with van der Waals surface area (Å²) in [5.74, 6) is -0.151. The molecule has 1 aromatic heterocycles. The Balaban J connectivity index is 1.49. The standard InChI is InChI=1S/C23H17FN6OS/c24-17-4-3-5-18(12-17)26-23(32)29-28-21(31)14-30-20-7-2-1-6-19(20)27-22(30)16-10-8-15(13-25)9-11-16/h1-12H,14H2,(H,28,31)(H2,26,29,32). The number of nitrogens with zero attached hydrogens (tertiary/aromatic N) is 3. The highest BCUT2D eigenvalue weighted by Gasteiger charge is 2.15. The summed E-state index contributed by atoms with van der Waals surface area (Å²) in [6, 6.07) is 22.4. The van der Waals surface area contributed by atoms with Crippen LogP contribution in [0.25, 0.3) is 22.4 Å². The van der Waals surface area contributed by atoms with Gasteiger partial charge < -0.3 is 9.88 Å². The van der Waals surface area contributed by atoms with Crippen molar-refractivity contribution in [3.63, 3.8) is 0 Å². The fourth-order valence-corrected chi connectivity index (χ4v) is 3.36. The number of para-hydroxylation sites is 2. The van der Waals surface area contributed by atoms with E-state index in [9.17, 15) is 9.18 Å². The number of nitrogens with one attached hydrogen (secondary N) is 3. The van der Waals surface area contributed by atoms with Crippen molar-refractivity contribution in [2.24, 2.45) is 0 Å². The van der Waals surface area contributed by atoms with Crippen molar-refractivity contribution < 1.29 is 9.18 Å². The van der Waals surface area contributed by atoms with Gasteiger partial charge in [-0.25, -0.2) is 9.37 Å². The Morgan fingerprint density at radius 1 is 1.06 bits per heavy atom. The first-order chi connectivity index (χ1) is 15.5. The summed E-state index contributed by atoms with van der Waals surface area (Å²) in [7, 11) is 0. The second kappa shape index (κ2) is 9.24. The second-order valence-corrected chi connectivity index (χ2v) is 7.25. The first-order valence-corrected chi connectivity index (χ1v) is 10.0. The lowest BCUT2D eigenvalue weighted by Crippen LogP contribution is -2.45. The van der Waals surface area contributed by atoms with Crippen LogP contribution >= 0.6 is 12.2 Å². The summed E-state index contributed by atoms with van der Waals surface area (Å²) in [6.07, 6.45) is 0. The predicted octanol–water partition coefficient (Wildman–Crippen LogP) is 3.73. The number of nitriles is 1. The molecule has 3 N–H and O–H groups in total. The quantitative estimate of drug-likeness (QED) is 0.328. The lowest BCUT2D eigenvalue weighted by Gasteiger charge is -2.13. The highest BCUT2D eigenvalue weighted by atomic mass is 32.1. The van der Waals surface area contributed by atoms with Crippen LogP contribution in [-0.2, 0) is 11.3 Å².